The van der Waals surface area contributed by atoms with E-state index in [4.69, 9.17) is 4.74 Å². The van der Waals surface area contributed by atoms with Gasteiger partial charge in [-0.1, -0.05) is 0 Å². The van der Waals surface area contributed by atoms with Crippen LogP contribution < -0.4 is 15.5 Å². The first-order valence-electron chi connectivity index (χ1n) is 8.86. The summed E-state index contributed by atoms with van der Waals surface area (Å²) in [6, 6.07) is 10.4. The number of anilines is 4. The predicted octanol–water partition coefficient (Wildman–Crippen LogP) is 3.82. The van der Waals surface area contributed by atoms with E-state index >= 15 is 0 Å². The number of nitrogens with one attached hydrogen (secondary N) is 2. The minimum atomic E-state index is 0.637. The molecule has 0 radical (unpaired) electrons. The second-order valence-corrected chi connectivity index (χ2v) is 5.84. The van der Waals surface area contributed by atoms with Crippen LogP contribution in [0.2, 0.25) is 0 Å². The lowest BCUT2D eigenvalue weighted by Crippen LogP contribution is -2.21. The summed E-state index contributed by atoms with van der Waals surface area (Å²) in [5, 5.41) is 6.59. The molecule has 0 spiro atoms. The summed E-state index contributed by atoms with van der Waals surface area (Å²) < 4.78 is 5.05. The van der Waals surface area contributed by atoms with Gasteiger partial charge in [0.1, 0.15) is 5.82 Å². The molecule has 25 heavy (non-hydrogen) atoms. The summed E-state index contributed by atoms with van der Waals surface area (Å²) >= 11 is 0. The van der Waals surface area contributed by atoms with Crippen LogP contribution in [0.5, 0.6) is 0 Å². The van der Waals surface area contributed by atoms with E-state index in [1.807, 2.05) is 13.0 Å². The fourth-order valence-electron chi connectivity index (χ4n) is 2.62. The number of ether oxygens (including phenoxy) is 1. The van der Waals surface area contributed by atoms with Gasteiger partial charge >= 0.3 is 0 Å². The SMILES string of the molecule is CCN(CC)c1ccc(Nc2cc(C)nc(NCCCOC)n2)cc1. The number of aromatic nitrogens is 2. The van der Waals surface area contributed by atoms with Crippen LogP contribution in [0.25, 0.3) is 0 Å². The molecule has 0 aliphatic carbocycles. The van der Waals surface area contributed by atoms with Crippen LogP contribution in [-0.2, 0) is 4.74 Å². The third-order valence-corrected chi connectivity index (χ3v) is 3.93. The summed E-state index contributed by atoms with van der Waals surface area (Å²) in [6.07, 6.45) is 0.920. The Hall–Kier alpha value is -2.34. The van der Waals surface area contributed by atoms with Gasteiger partial charge in [-0.25, -0.2) is 4.98 Å². The Morgan fingerprint density at radius 3 is 2.44 bits per heavy atom. The van der Waals surface area contributed by atoms with Gasteiger partial charge in [0.05, 0.1) is 0 Å². The lowest BCUT2D eigenvalue weighted by Gasteiger charge is -2.21. The highest BCUT2D eigenvalue weighted by atomic mass is 16.5. The standard InChI is InChI=1S/C19H29N5O/c1-5-24(6-2)17-10-8-16(9-11-17)22-18-14-15(3)21-19(23-18)20-12-7-13-25-4/h8-11,14H,5-7,12-13H2,1-4H3,(H2,20,21,22,23). The normalized spacial score (nSPS) is 10.6. The monoisotopic (exact) mass is 343 g/mol. The van der Waals surface area contributed by atoms with Crippen molar-refractivity contribution in [1.29, 1.82) is 0 Å². The van der Waals surface area contributed by atoms with Gasteiger partial charge in [0, 0.05) is 56.5 Å². The molecule has 0 bridgehead atoms. The van der Waals surface area contributed by atoms with E-state index in [0.29, 0.717) is 5.95 Å². The summed E-state index contributed by atoms with van der Waals surface area (Å²) in [6.45, 7) is 9.83. The maximum atomic E-state index is 5.05. The number of aryl methyl sites for hydroxylation is 1. The minimum Gasteiger partial charge on any atom is -0.385 e. The molecule has 6 heteroatoms. The van der Waals surface area contributed by atoms with Gasteiger partial charge in [-0.15, -0.1) is 0 Å². The highest BCUT2D eigenvalue weighted by Gasteiger charge is 2.04. The molecule has 1 aromatic carbocycles. The maximum absolute atomic E-state index is 5.05. The van der Waals surface area contributed by atoms with Gasteiger partial charge in [0.2, 0.25) is 5.95 Å². The summed E-state index contributed by atoms with van der Waals surface area (Å²) in [5.41, 5.74) is 3.17. The first-order chi connectivity index (χ1) is 12.2. The zero-order valence-electron chi connectivity index (χ0n) is 15.7. The molecule has 0 aliphatic heterocycles. The van der Waals surface area contributed by atoms with Gasteiger partial charge in [0.25, 0.3) is 0 Å². The van der Waals surface area contributed by atoms with Gasteiger partial charge in [-0.3, -0.25) is 0 Å². The molecular weight excluding hydrogens is 314 g/mol. The zero-order chi connectivity index (χ0) is 18.1. The second-order valence-electron chi connectivity index (χ2n) is 5.84. The molecule has 0 saturated carbocycles. The highest BCUT2D eigenvalue weighted by Crippen LogP contribution is 2.21. The van der Waals surface area contributed by atoms with Crippen molar-refractivity contribution in [2.75, 3.05) is 48.9 Å². The van der Waals surface area contributed by atoms with Crippen LogP contribution in [0.1, 0.15) is 26.0 Å². The first kappa shape index (κ1) is 19.0. The van der Waals surface area contributed by atoms with Crippen molar-refractivity contribution >= 4 is 23.1 Å². The summed E-state index contributed by atoms with van der Waals surface area (Å²) in [7, 11) is 1.71. The van der Waals surface area contributed by atoms with Crippen LogP contribution in [-0.4, -0.2) is 43.3 Å². The fraction of sp³-hybridized carbons (Fsp3) is 0.474. The van der Waals surface area contributed by atoms with Crippen molar-refractivity contribution in [3.05, 3.63) is 36.0 Å². The van der Waals surface area contributed by atoms with Crippen molar-refractivity contribution in [3.63, 3.8) is 0 Å². The number of methoxy groups -OCH3 is 1. The van der Waals surface area contributed by atoms with Crippen molar-refractivity contribution < 1.29 is 4.74 Å². The van der Waals surface area contributed by atoms with E-state index in [9.17, 15) is 0 Å². The molecule has 2 rings (SSSR count). The Morgan fingerprint density at radius 1 is 1.08 bits per heavy atom. The second kappa shape index (κ2) is 9.84. The van der Waals surface area contributed by atoms with Crippen LogP contribution >= 0.6 is 0 Å². The number of nitrogens with zero attached hydrogens (tertiary/aromatic N) is 3. The number of benzene rings is 1. The summed E-state index contributed by atoms with van der Waals surface area (Å²) in [5.74, 6) is 1.43. The molecule has 0 amide bonds. The molecule has 2 aromatic rings. The van der Waals surface area contributed by atoms with Gasteiger partial charge in [-0.2, -0.15) is 4.98 Å². The van der Waals surface area contributed by atoms with E-state index in [0.717, 1.165) is 49.9 Å². The Morgan fingerprint density at radius 2 is 1.80 bits per heavy atom. The molecule has 0 unspecified atom stereocenters. The molecule has 136 valence electrons. The molecule has 1 heterocycles. The van der Waals surface area contributed by atoms with E-state index in [2.05, 4.69) is 63.6 Å². The van der Waals surface area contributed by atoms with E-state index in [-0.39, 0.29) is 0 Å². The van der Waals surface area contributed by atoms with Crippen molar-refractivity contribution in [2.24, 2.45) is 0 Å². The third kappa shape index (κ3) is 5.90. The molecule has 0 atom stereocenters. The molecular formula is C19H29N5O. The third-order valence-electron chi connectivity index (χ3n) is 3.93. The maximum Gasteiger partial charge on any atom is 0.224 e. The van der Waals surface area contributed by atoms with E-state index in [1.54, 1.807) is 7.11 Å². The zero-order valence-corrected chi connectivity index (χ0v) is 15.7. The van der Waals surface area contributed by atoms with Crippen molar-refractivity contribution in [1.82, 2.24) is 9.97 Å². The minimum absolute atomic E-state index is 0.637. The van der Waals surface area contributed by atoms with E-state index < -0.39 is 0 Å². The van der Waals surface area contributed by atoms with Crippen LogP contribution in [0.3, 0.4) is 0 Å². The quantitative estimate of drug-likeness (QED) is 0.640. The largest absolute Gasteiger partial charge is 0.385 e. The molecule has 1 aromatic heterocycles. The molecule has 0 saturated heterocycles. The number of hydrogen-bond acceptors (Lipinski definition) is 6. The lowest BCUT2D eigenvalue weighted by atomic mass is 10.2. The molecule has 0 aliphatic rings. The number of rotatable bonds is 10. The number of hydrogen-bond donors (Lipinski definition) is 2. The topological polar surface area (TPSA) is 62.3 Å². The average molecular weight is 343 g/mol. The Balaban J connectivity index is 2.02. The fourth-order valence-corrected chi connectivity index (χ4v) is 2.62. The van der Waals surface area contributed by atoms with Gasteiger partial charge in [-0.05, 0) is 51.5 Å². The first-order valence-corrected chi connectivity index (χ1v) is 8.86. The van der Waals surface area contributed by atoms with Crippen molar-refractivity contribution in [2.45, 2.75) is 27.2 Å². The molecule has 0 fully saturated rings. The molecule has 6 nitrogen and oxygen atoms in total. The van der Waals surface area contributed by atoms with Gasteiger partial charge < -0.3 is 20.3 Å². The Labute approximate surface area is 150 Å². The van der Waals surface area contributed by atoms with Crippen LogP contribution in [0, 0.1) is 6.92 Å². The predicted molar refractivity (Wildman–Crippen MR) is 105 cm³/mol. The Bertz CT molecular complexity index is 641. The highest BCUT2D eigenvalue weighted by molar-refractivity contribution is 5.61. The average Bonchev–Trinajstić information content (AvgIpc) is 2.61. The molecule has 2 N–H and O–H groups in total. The van der Waals surface area contributed by atoms with Crippen LogP contribution in [0.4, 0.5) is 23.1 Å². The Kier molecular flexibility index (Phi) is 7.47. The van der Waals surface area contributed by atoms with Crippen molar-refractivity contribution in [3.8, 4) is 0 Å². The van der Waals surface area contributed by atoms with Gasteiger partial charge in [0.15, 0.2) is 0 Å². The summed E-state index contributed by atoms with van der Waals surface area (Å²) in [4.78, 5) is 11.3. The smallest absolute Gasteiger partial charge is 0.224 e. The van der Waals surface area contributed by atoms with E-state index in [1.165, 1.54) is 5.69 Å². The van der Waals surface area contributed by atoms with Crippen LogP contribution in [0.15, 0.2) is 30.3 Å². The lowest BCUT2D eigenvalue weighted by molar-refractivity contribution is 0.197.